The molecule has 0 aliphatic heterocycles. The van der Waals surface area contributed by atoms with Crippen LogP contribution in [0.15, 0.2) is 0 Å². The molecule has 0 aliphatic carbocycles. The number of carboxylic acids is 1. The van der Waals surface area contributed by atoms with Crippen LogP contribution in [-0.4, -0.2) is 43.8 Å². The van der Waals surface area contributed by atoms with E-state index in [0.717, 1.165) is 0 Å². The van der Waals surface area contributed by atoms with Crippen LogP contribution in [0.25, 0.3) is 0 Å². The zero-order valence-electron chi connectivity index (χ0n) is 11.6. The molecule has 4 nitrogen and oxygen atoms in total. The molecule has 0 bridgehead atoms. The molecule has 5 heteroatoms. The SMILES string of the molecule is CC(=O)CC(=O)C(=O)O.CCC[CH2][Sn][CH2]CCC. The van der Waals surface area contributed by atoms with Gasteiger partial charge in [-0.2, -0.15) is 0 Å². The quantitative estimate of drug-likeness (QED) is 0.296. The first-order chi connectivity index (χ1) is 8.45. The molecular formula is C13H24O4Sn. The summed E-state index contributed by atoms with van der Waals surface area (Å²) in [6.07, 6.45) is 5.33. The van der Waals surface area contributed by atoms with Crippen molar-refractivity contribution in [1.29, 1.82) is 0 Å². The molecule has 0 heterocycles. The summed E-state index contributed by atoms with van der Waals surface area (Å²) < 4.78 is 3.25. The molecule has 0 aromatic carbocycles. The first-order valence-corrected chi connectivity index (χ1v) is 10.5. The maximum atomic E-state index is 10.1. The maximum absolute atomic E-state index is 10.1. The van der Waals surface area contributed by atoms with Gasteiger partial charge >= 0.3 is 75.5 Å². The van der Waals surface area contributed by atoms with Gasteiger partial charge in [-0.15, -0.1) is 0 Å². The standard InChI is InChI=1S/C5H6O4.2C4H9.Sn/c1-3(6)2-4(7)5(8)9;2*1-3-4-2;/h2H2,1H3,(H,8,9);2*1,3-4H2,2H3;. The van der Waals surface area contributed by atoms with E-state index in [0.29, 0.717) is 0 Å². The van der Waals surface area contributed by atoms with Gasteiger partial charge in [-0.1, -0.05) is 0 Å². The number of aliphatic carboxylic acids is 1. The molecule has 0 saturated heterocycles. The van der Waals surface area contributed by atoms with Crippen molar-refractivity contribution in [3.8, 4) is 0 Å². The molecule has 104 valence electrons. The van der Waals surface area contributed by atoms with Crippen LogP contribution in [0.4, 0.5) is 0 Å². The number of Topliss-reactive ketones (excluding diaryl/α,β-unsaturated/α-hetero) is 2. The fraction of sp³-hybridized carbons (Fsp3) is 0.769. The van der Waals surface area contributed by atoms with Gasteiger partial charge in [0, 0.05) is 0 Å². The average Bonchev–Trinajstić information content (AvgIpc) is 2.29. The Kier molecular flexibility index (Phi) is 16.2. The second-order valence-electron chi connectivity index (χ2n) is 4.06. The Balaban J connectivity index is 0. The zero-order valence-corrected chi connectivity index (χ0v) is 14.5. The van der Waals surface area contributed by atoms with Crippen LogP contribution in [0.5, 0.6) is 0 Å². The van der Waals surface area contributed by atoms with Crippen LogP contribution in [0.2, 0.25) is 8.87 Å². The summed E-state index contributed by atoms with van der Waals surface area (Å²) in [5.74, 6) is -3.03. The molecule has 1 N–H and O–H groups in total. The second-order valence-corrected chi connectivity index (χ2v) is 8.35. The van der Waals surface area contributed by atoms with Crippen molar-refractivity contribution in [1.82, 2.24) is 0 Å². The molecule has 0 rings (SSSR count). The van der Waals surface area contributed by atoms with E-state index in [1.807, 2.05) is 0 Å². The Hall–Kier alpha value is -0.391. The molecule has 0 atom stereocenters. The van der Waals surface area contributed by atoms with Gasteiger partial charge in [-0.05, 0) is 6.92 Å². The molecule has 0 amide bonds. The Bertz CT molecular complexity index is 245. The third-order valence-corrected chi connectivity index (χ3v) is 6.10. The minimum atomic E-state index is -1.55. The van der Waals surface area contributed by atoms with Gasteiger partial charge in [-0.25, -0.2) is 4.79 Å². The molecule has 0 unspecified atom stereocenters. The Labute approximate surface area is 120 Å². The number of carbonyl (C=O) groups excluding carboxylic acids is 2. The van der Waals surface area contributed by atoms with Crippen LogP contribution in [-0.2, 0) is 14.4 Å². The first kappa shape index (κ1) is 19.9. The molecule has 0 spiro atoms. The molecule has 0 aliphatic rings. The van der Waals surface area contributed by atoms with Crippen molar-refractivity contribution >= 4 is 38.7 Å². The van der Waals surface area contributed by atoms with E-state index in [2.05, 4.69) is 13.8 Å². The normalized spacial score (nSPS) is 9.28. The van der Waals surface area contributed by atoms with E-state index in [4.69, 9.17) is 5.11 Å². The molecule has 0 aromatic rings. The van der Waals surface area contributed by atoms with Crippen molar-refractivity contribution in [2.45, 2.75) is 61.7 Å². The van der Waals surface area contributed by atoms with Gasteiger partial charge in [0.2, 0.25) is 5.78 Å². The zero-order chi connectivity index (χ0) is 14.4. The van der Waals surface area contributed by atoms with E-state index in [-0.39, 0.29) is 21.1 Å². The van der Waals surface area contributed by atoms with Crippen molar-refractivity contribution in [3.05, 3.63) is 0 Å². The molecule has 2 radical (unpaired) electrons. The van der Waals surface area contributed by atoms with Crippen molar-refractivity contribution in [2.75, 3.05) is 0 Å². The van der Waals surface area contributed by atoms with Crippen LogP contribution in [0.3, 0.4) is 0 Å². The van der Waals surface area contributed by atoms with Crippen molar-refractivity contribution in [3.63, 3.8) is 0 Å². The fourth-order valence-electron chi connectivity index (χ4n) is 1.03. The predicted molar refractivity (Wildman–Crippen MR) is 73.1 cm³/mol. The summed E-state index contributed by atoms with van der Waals surface area (Å²) in [5.41, 5.74) is 0. The molecule has 0 aromatic heterocycles. The van der Waals surface area contributed by atoms with E-state index < -0.39 is 24.0 Å². The summed E-state index contributed by atoms with van der Waals surface area (Å²) >= 11 is 0.149. The third-order valence-electron chi connectivity index (χ3n) is 2.06. The van der Waals surface area contributed by atoms with Crippen LogP contribution in [0, 0.1) is 0 Å². The predicted octanol–water partition coefficient (Wildman–Crippen LogP) is 2.75. The number of unbranched alkanes of at least 4 members (excludes halogenated alkanes) is 2. The molecule has 0 saturated carbocycles. The first-order valence-electron chi connectivity index (χ1n) is 6.41. The number of rotatable bonds is 9. The average molecular weight is 363 g/mol. The Morgan fingerprint density at radius 1 is 1.00 bits per heavy atom. The van der Waals surface area contributed by atoms with Crippen molar-refractivity contribution < 1.29 is 19.5 Å². The second kappa shape index (κ2) is 14.7. The Morgan fingerprint density at radius 2 is 1.44 bits per heavy atom. The number of carboxylic acid groups (broad SMARTS) is 1. The molecule has 0 fully saturated rings. The minimum absolute atomic E-state index is 0.149. The van der Waals surface area contributed by atoms with Gasteiger partial charge in [0.25, 0.3) is 0 Å². The number of ketones is 2. The van der Waals surface area contributed by atoms with Crippen LogP contribution < -0.4 is 0 Å². The molecule has 18 heavy (non-hydrogen) atoms. The monoisotopic (exact) mass is 364 g/mol. The fourth-order valence-corrected chi connectivity index (χ4v) is 5.19. The van der Waals surface area contributed by atoms with Gasteiger partial charge in [-0.3, -0.25) is 9.59 Å². The topological polar surface area (TPSA) is 71.4 Å². The van der Waals surface area contributed by atoms with E-state index >= 15 is 0 Å². The summed E-state index contributed by atoms with van der Waals surface area (Å²) in [7, 11) is 0. The summed E-state index contributed by atoms with van der Waals surface area (Å²) in [6, 6.07) is 0. The Morgan fingerprint density at radius 3 is 1.67 bits per heavy atom. The van der Waals surface area contributed by atoms with Gasteiger partial charge in [0.15, 0.2) is 0 Å². The summed E-state index contributed by atoms with van der Waals surface area (Å²) in [5, 5.41) is 7.93. The van der Waals surface area contributed by atoms with E-state index in [1.165, 1.54) is 32.6 Å². The van der Waals surface area contributed by atoms with E-state index in [1.54, 1.807) is 8.87 Å². The summed E-state index contributed by atoms with van der Waals surface area (Å²) in [6.45, 7) is 5.75. The number of hydrogen-bond donors (Lipinski definition) is 1. The van der Waals surface area contributed by atoms with Crippen LogP contribution >= 0.6 is 0 Å². The van der Waals surface area contributed by atoms with Crippen LogP contribution in [0.1, 0.15) is 52.9 Å². The van der Waals surface area contributed by atoms with E-state index in [9.17, 15) is 14.4 Å². The van der Waals surface area contributed by atoms with Gasteiger partial charge in [0.1, 0.15) is 5.78 Å². The van der Waals surface area contributed by atoms with Gasteiger partial charge < -0.3 is 5.11 Å². The van der Waals surface area contributed by atoms with Gasteiger partial charge in [0.05, 0.1) is 6.42 Å². The number of hydrogen-bond acceptors (Lipinski definition) is 3. The summed E-state index contributed by atoms with van der Waals surface area (Å²) in [4.78, 5) is 29.9. The number of carbonyl (C=O) groups is 3. The van der Waals surface area contributed by atoms with Crippen molar-refractivity contribution in [2.24, 2.45) is 0 Å². The molecular weight excluding hydrogens is 339 g/mol. The third kappa shape index (κ3) is 18.0.